The van der Waals surface area contributed by atoms with Gasteiger partial charge >= 0.3 is 6.03 Å². The van der Waals surface area contributed by atoms with Crippen molar-refractivity contribution in [3.05, 3.63) is 58.7 Å². The molecule has 1 aromatic carbocycles. The predicted molar refractivity (Wildman–Crippen MR) is 158 cm³/mol. The van der Waals surface area contributed by atoms with Crippen LogP contribution in [0.3, 0.4) is 0 Å². The molecule has 2 saturated heterocycles. The van der Waals surface area contributed by atoms with Crippen LogP contribution in [0.25, 0.3) is 0 Å². The number of hydrogen-bond donors (Lipinski definition) is 0. The molecule has 9 heteroatoms. The molecule has 0 radical (unpaired) electrons. The average molecular weight is 568 g/mol. The van der Waals surface area contributed by atoms with E-state index in [0.29, 0.717) is 51.2 Å². The van der Waals surface area contributed by atoms with Crippen molar-refractivity contribution in [3.8, 4) is 11.5 Å². The van der Waals surface area contributed by atoms with Gasteiger partial charge in [0.2, 0.25) is 5.91 Å². The van der Waals surface area contributed by atoms with Crippen LogP contribution in [0.5, 0.6) is 11.5 Å². The van der Waals surface area contributed by atoms with Crippen LogP contribution in [0, 0.1) is 0 Å². The van der Waals surface area contributed by atoms with E-state index in [4.69, 9.17) is 18.9 Å². The molecule has 0 unspecified atom stereocenters. The summed E-state index contributed by atoms with van der Waals surface area (Å²) in [6, 6.07) is 4.04. The first-order valence-corrected chi connectivity index (χ1v) is 14.6. The van der Waals surface area contributed by atoms with Crippen molar-refractivity contribution in [3.63, 3.8) is 0 Å². The van der Waals surface area contributed by atoms with Gasteiger partial charge in [-0.1, -0.05) is 19.9 Å². The number of carbonyl (C=O) groups excluding carboxylic acids is 2. The first-order chi connectivity index (χ1) is 19.8. The lowest BCUT2D eigenvalue weighted by molar-refractivity contribution is -0.132. The van der Waals surface area contributed by atoms with Crippen molar-refractivity contribution in [2.24, 2.45) is 0 Å². The lowest BCUT2D eigenvalue weighted by Gasteiger charge is -2.44. The van der Waals surface area contributed by atoms with Gasteiger partial charge in [-0.2, -0.15) is 0 Å². The number of amides is 3. The Labute approximate surface area is 244 Å². The molecule has 1 spiro atoms. The number of likely N-dealkylation sites (N-methyl/N-ethyl adjacent to an activating group) is 1. The Morgan fingerprint density at radius 1 is 1.05 bits per heavy atom. The maximum atomic E-state index is 13.8. The number of rotatable bonds is 9. The minimum atomic E-state index is -0.432. The van der Waals surface area contributed by atoms with Crippen LogP contribution in [0.1, 0.15) is 63.5 Å². The molecule has 4 rings (SSSR count). The predicted octanol–water partition coefficient (Wildman–Crippen LogP) is 5.23. The molecule has 3 aliphatic heterocycles. The van der Waals surface area contributed by atoms with E-state index in [1.54, 1.807) is 34.5 Å². The molecule has 1 aromatic rings. The van der Waals surface area contributed by atoms with Crippen LogP contribution in [-0.4, -0.2) is 86.8 Å². The fourth-order valence-corrected chi connectivity index (χ4v) is 6.57. The van der Waals surface area contributed by atoms with Crippen molar-refractivity contribution in [1.29, 1.82) is 0 Å². The Kier molecular flexibility index (Phi) is 9.56. The Morgan fingerprint density at radius 3 is 2.37 bits per heavy atom. The quantitative estimate of drug-likeness (QED) is 0.301. The topological polar surface area (TPSA) is 80.8 Å². The maximum absolute atomic E-state index is 13.8. The molecule has 3 heterocycles. The molecular formula is C32H45N3O6. The molecule has 0 saturated carbocycles. The molecule has 3 aliphatic rings. The molecule has 0 aromatic heterocycles. The molecule has 224 valence electrons. The fraction of sp³-hybridized carbons (Fsp3) is 0.562. The van der Waals surface area contributed by atoms with Crippen LogP contribution in [0.2, 0.25) is 0 Å². The number of hydrogen-bond acceptors (Lipinski definition) is 6. The van der Waals surface area contributed by atoms with Crippen molar-refractivity contribution in [2.45, 2.75) is 64.3 Å². The zero-order valence-corrected chi connectivity index (χ0v) is 25.6. The highest BCUT2D eigenvalue weighted by Crippen LogP contribution is 2.47. The normalized spacial score (nSPS) is 21.9. The number of methoxy groups -OCH3 is 4. The third kappa shape index (κ3) is 5.76. The lowest BCUT2D eigenvalue weighted by atomic mass is 9.80. The van der Waals surface area contributed by atoms with E-state index in [0.717, 1.165) is 40.5 Å². The van der Waals surface area contributed by atoms with Gasteiger partial charge in [-0.3, -0.25) is 9.69 Å². The highest BCUT2D eigenvalue weighted by atomic mass is 16.5. The molecule has 2 fully saturated rings. The van der Waals surface area contributed by atoms with Crippen molar-refractivity contribution in [1.82, 2.24) is 14.7 Å². The second-order valence-corrected chi connectivity index (χ2v) is 10.8. The number of nitrogens with zero attached hydrogens (tertiary/aromatic N) is 3. The number of allylic oxidation sites excluding steroid dienone is 3. The van der Waals surface area contributed by atoms with E-state index in [-0.39, 0.29) is 24.3 Å². The third-order valence-corrected chi connectivity index (χ3v) is 8.76. The molecule has 0 aliphatic carbocycles. The van der Waals surface area contributed by atoms with Gasteiger partial charge in [-0.15, -0.1) is 0 Å². The maximum Gasteiger partial charge on any atom is 0.325 e. The SMILES string of the molecule is CC/C(=C\C(=C/CC(=O)N1CCC2(CC1)/C1=C/[C@H](C)c3c(cc(OC)cc3OC)CCN1C(=O)N2CC)OC)OC. The van der Waals surface area contributed by atoms with Gasteiger partial charge in [-0.05, 0) is 43.9 Å². The van der Waals surface area contributed by atoms with Crippen LogP contribution >= 0.6 is 0 Å². The zero-order chi connectivity index (χ0) is 29.7. The minimum absolute atomic E-state index is 0.0376. The van der Waals surface area contributed by atoms with E-state index in [1.807, 2.05) is 40.7 Å². The van der Waals surface area contributed by atoms with Crippen molar-refractivity contribution < 1.29 is 28.5 Å². The molecule has 0 bridgehead atoms. The molecule has 41 heavy (non-hydrogen) atoms. The summed E-state index contributed by atoms with van der Waals surface area (Å²) >= 11 is 0. The number of ether oxygens (including phenoxy) is 4. The molecule has 3 amide bonds. The summed E-state index contributed by atoms with van der Waals surface area (Å²) < 4.78 is 22.1. The smallest absolute Gasteiger partial charge is 0.325 e. The number of piperidine rings is 1. The van der Waals surface area contributed by atoms with E-state index < -0.39 is 5.54 Å². The molecule has 1 atom stereocenters. The second-order valence-electron chi connectivity index (χ2n) is 10.8. The second kappa shape index (κ2) is 12.9. The van der Waals surface area contributed by atoms with Crippen molar-refractivity contribution >= 4 is 11.9 Å². The number of likely N-dealkylation sites (tertiary alicyclic amines) is 1. The Bertz CT molecular complexity index is 1220. The first kappa shape index (κ1) is 30.3. The van der Waals surface area contributed by atoms with E-state index in [9.17, 15) is 9.59 Å². The number of urea groups is 1. The summed E-state index contributed by atoms with van der Waals surface area (Å²) in [5.74, 6) is 3.05. The number of benzene rings is 1. The molecule has 0 N–H and O–H groups in total. The van der Waals surface area contributed by atoms with Gasteiger partial charge in [-0.25, -0.2) is 4.79 Å². The largest absolute Gasteiger partial charge is 0.501 e. The Balaban J connectivity index is 1.59. The highest BCUT2D eigenvalue weighted by Gasteiger charge is 2.54. The first-order valence-electron chi connectivity index (χ1n) is 14.6. The highest BCUT2D eigenvalue weighted by molar-refractivity contribution is 5.83. The molecular weight excluding hydrogens is 522 g/mol. The van der Waals surface area contributed by atoms with E-state index in [1.165, 1.54) is 0 Å². The summed E-state index contributed by atoms with van der Waals surface area (Å²) in [7, 11) is 6.57. The van der Waals surface area contributed by atoms with Gasteiger partial charge in [0.25, 0.3) is 0 Å². The van der Waals surface area contributed by atoms with Crippen LogP contribution in [-0.2, 0) is 20.7 Å². The fourth-order valence-electron chi connectivity index (χ4n) is 6.57. The van der Waals surface area contributed by atoms with Gasteiger partial charge in [0.05, 0.1) is 39.7 Å². The zero-order valence-electron chi connectivity index (χ0n) is 25.6. The van der Waals surface area contributed by atoms with Crippen molar-refractivity contribution in [2.75, 3.05) is 54.6 Å². The Hall–Kier alpha value is -3.62. The van der Waals surface area contributed by atoms with Crippen LogP contribution in [0.4, 0.5) is 4.79 Å². The van der Waals surface area contributed by atoms with E-state index >= 15 is 0 Å². The summed E-state index contributed by atoms with van der Waals surface area (Å²) in [6.45, 7) is 8.58. The number of carbonyl (C=O) groups is 2. The van der Waals surface area contributed by atoms with Gasteiger partial charge in [0.1, 0.15) is 17.3 Å². The number of fused-ring (bicyclic) bond motifs is 3. The monoisotopic (exact) mass is 567 g/mol. The molecule has 9 nitrogen and oxygen atoms in total. The minimum Gasteiger partial charge on any atom is -0.501 e. The summed E-state index contributed by atoms with van der Waals surface area (Å²) in [5.41, 5.74) is 2.90. The van der Waals surface area contributed by atoms with Crippen LogP contribution < -0.4 is 9.47 Å². The standard InChI is InChI=1S/C32H45N3O6/c1-8-24(38-4)20-25(39-5)10-11-29(36)33-16-13-32(14-17-33)28-18-22(3)30-23(19-26(40-6)21-27(30)41-7)12-15-34(28)31(37)35(32)9-2/h10,18-22H,8-9,11-17H2,1-7H3/b24-20+,25-10+,28-18-/t22-/m0/s1. The summed E-state index contributed by atoms with van der Waals surface area (Å²) in [5, 5.41) is 0. The summed E-state index contributed by atoms with van der Waals surface area (Å²) in [6.07, 6.45) is 8.97. The van der Waals surface area contributed by atoms with Gasteiger partial charge in [0.15, 0.2) is 0 Å². The van der Waals surface area contributed by atoms with Crippen LogP contribution in [0.15, 0.2) is 47.6 Å². The average Bonchev–Trinajstić information content (AvgIpc) is 3.19. The van der Waals surface area contributed by atoms with E-state index in [2.05, 4.69) is 19.1 Å². The van der Waals surface area contributed by atoms with Gasteiger partial charge in [0, 0.05) is 68.3 Å². The Morgan fingerprint density at radius 2 is 1.78 bits per heavy atom. The lowest BCUT2D eigenvalue weighted by Crippen LogP contribution is -2.54. The third-order valence-electron chi connectivity index (χ3n) is 8.76. The summed E-state index contributed by atoms with van der Waals surface area (Å²) in [4.78, 5) is 32.9. The van der Waals surface area contributed by atoms with Gasteiger partial charge < -0.3 is 28.7 Å².